The maximum atomic E-state index is 11.1. The fourth-order valence-corrected chi connectivity index (χ4v) is 2.88. The molecular formula is C12H17NOS. The van der Waals surface area contributed by atoms with Gasteiger partial charge in [-0.05, 0) is 18.6 Å². The number of rotatable bonds is 3. The van der Waals surface area contributed by atoms with Gasteiger partial charge >= 0.3 is 0 Å². The Bertz CT molecular complexity index is 335. The topological polar surface area (TPSA) is 20.3 Å². The summed E-state index contributed by atoms with van der Waals surface area (Å²) in [5.74, 6) is 0.423. The molecule has 0 aliphatic carbocycles. The van der Waals surface area contributed by atoms with Gasteiger partial charge in [0.2, 0.25) is 0 Å². The second-order valence-corrected chi connectivity index (χ2v) is 5.29. The van der Waals surface area contributed by atoms with Crippen LogP contribution in [0.25, 0.3) is 0 Å². The first-order valence-corrected chi connectivity index (χ1v) is 6.41. The van der Waals surface area contributed by atoms with Crippen LogP contribution in [0.5, 0.6) is 0 Å². The Balaban J connectivity index is 1.88. The van der Waals surface area contributed by atoms with Gasteiger partial charge in [0.25, 0.3) is 0 Å². The molecule has 82 valence electrons. The highest BCUT2D eigenvalue weighted by Crippen LogP contribution is 2.20. The first-order valence-electron chi connectivity index (χ1n) is 5.59. The number of ketones is 1. The molecule has 2 rings (SSSR count). The molecule has 1 fully saturated rings. The first-order chi connectivity index (χ1) is 7.28. The summed E-state index contributed by atoms with van der Waals surface area (Å²) in [4.78, 5) is 16.4. The molecule has 3 heteroatoms. The van der Waals surface area contributed by atoms with E-state index in [0.717, 1.165) is 38.9 Å². The molecule has 0 unspecified atom stereocenters. The monoisotopic (exact) mass is 223 g/mol. The Hall–Kier alpha value is -0.670. The molecule has 0 radical (unpaired) electrons. The molecule has 1 aliphatic rings. The molecule has 0 amide bonds. The number of nitrogens with zero attached hydrogens (tertiary/aromatic N) is 1. The van der Waals surface area contributed by atoms with Crippen molar-refractivity contribution in [2.75, 3.05) is 13.1 Å². The van der Waals surface area contributed by atoms with Gasteiger partial charge in [0.15, 0.2) is 0 Å². The van der Waals surface area contributed by atoms with E-state index in [4.69, 9.17) is 0 Å². The number of Topliss-reactive ketones (excluding diaryl/α,β-unsaturated/α-hetero) is 1. The van der Waals surface area contributed by atoms with E-state index < -0.39 is 0 Å². The van der Waals surface area contributed by atoms with E-state index in [0.29, 0.717) is 5.78 Å². The molecule has 2 nitrogen and oxygen atoms in total. The fourth-order valence-electron chi connectivity index (χ4n) is 1.88. The van der Waals surface area contributed by atoms with E-state index >= 15 is 0 Å². The Kier molecular flexibility index (Phi) is 3.54. The van der Waals surface area contributed by atoms with Crippen LogP contribution in [0.15, 0.2) is 12.1 Å². The van der Waals surface area contributed by atoms with Crippen LogP contribution in [0.4, 0.5) is 0 Å². The average molecular weight is 223 g/mol. The SMILES string of the molecule is CCc1ccc(CN2CCC(=O)CC2)s1. The van der Waals surface area contributed by atoms with Crippen LogP contribution in [0, 0.1) is 0 Å². The maximum Gasteiger partial charge on any atom is 0.135 e. The zero-order valence-electron chi connectivity index (χ0n) is 9.16. The van der Waals surface area contributed by atoms with Crippen LogP contribution in [0.3, 0.4) is 0 Å². The number of aryl methyl sites for hydroxylation is 1. The van der Waals surface area contributed by atoms with Gasteiger partial charge in [0, 0.05) is 42.2 Å². The number of carbonyl (C=O) groups is 1. The van der Waals surface area contributed by atoms with E-state index in [9.17, 15) is 4.79 Å². The summed E-state index contributed by atoms with van der Waals surface area (Å²) in [6.07, 6.45) is 2.61. The zero-order valence-corrected chi connectivity index (χ0v) is 9.98. The summed E-state index contributed by atoms with van der Waals surface area (Å²) in [5, 5.41) is 0. The van der Waals surface area contributed by atoms with Crippen molar-refractivity contribution in [3.05, 3.63) is 21.9 Å². The Morgan fingerprint density at radius 1 is 1.27 bits per heavy atom. The van der Waals surface area contributed by atoms with Gasteiger partial charge in [-0.2, -0.15) is 0 Å². The molecule has 0 saturated carbocycles. The molecule has 1 saturated heterocycles. The lowest BCUT2D eigenvalue weighted by Gasteiger charge is -2.24. The molecule has 0 N–H and O–H groups in total. The molecule has 0 bridgehead atoms. The number of hydrogen-bond donors (Lipinski definition) is 0. The summed E-state index contributed by atoms with van der Waals surface area (Å²) in [6, 6.07) is 4.44. The molecule has 0 aromatic carbocycles. The van der Waals surface area contributed by atoms with Crippen molar-refractivity contribution in [3.63, 3.8) is 0 Å². The number of carbonyl (C=O) groups excluding carboxylic acids is 1. The average Bonchev–Trinajstić information content (AvgIpc) is 2.69. The van der Waals surface area contributed by atoms with Gasteiger partial charge in [0.1, 0.15) is 5.78 Å². The third kappa shape index (κ3) is 2.89. The number of thiophene rings is 1. The summed E-state index contributed by atoms with van der Waals surface area (Å²) >= 11 is 1.90. The van der Waals surface area contributed by atoms with Crippen molar-refractivity contribution >= 4 is 17.1 Å². The summed E-state index contributed by atoms with van der Waals surface area (Å²) in [7, 11) is 0. The minimum atomic E-state index is 0.423. The second kappa shape index (κ2) is 4.90. The number of piperidine rings is 1. The normalized spacial score (nSPS) is 18.3. The van der Waals surface area contributed by atoms with E-state index in [1.807, 2.05) is 11.3 Å². The first kappa shape index (κ1) is 10.8. The van der Waals surface area contributed by atoms with Crippen molar-refractivity contribution in [2.45, 2.75) is 32.7 Å². The van der Waals surface area contributed by atoms with E-state index in [-0.39, 0.29) is 0 Å². The highest BCUT2D eigenvalue weighted by Gasteiger charge is 2.16. The predicted molar refractivity (Wildman–Crippen MR) is 63.2 cm³/mol. The lowest BCUT2D eigenvalue weighted by Crippen LogP contribution is -2.32. The van der Waals surface area contributed by atoms with Gasteiger partial charge in [-0.3, -0.25) is 9.69 Å². The number of hydrogen-bond acceptors (Lipinski definition) is 3. The van der Waals surface area contributed by atoms with Crippen LogP contribution in [0.2, 0.25) is 0 Å². The van der Waals surface area contributed by atoms with Crippen LogP contribution in [-0.4, -0.2) is 23.8 Å². The van der Waals surface area contributed by atoms with Crippen LogP contribution >= 0.6 is 11.3 Å². The standard InChI is InChI=1S/C12H17NOS/c1-2-11-3-4-12(15-11)9-13-7-5-10(14)6-8-13/h3-4H,2,5-9H2,1H3. The summed E-state index contributed by atoms with van der Waals surface area (Å²) < 4.78 is 0. The third-order valence-electron chi connectivity index (χ3n) is 2.86. The minimum absolute atomic E-state index is 0.423. The van der Waals surface area contributed by atoms with Gasteiger partial charge in [-0.1, -0.05) is 6.92 Å². The molecule has 0 atom stereocenters. The fraction of sp³-hybridized carbons (Fsp3) is 0.583. The second-order valence-electron chi connectivity index (χ2n) is 4.04. The van der Waals surface area contributed by atoms with E-state index in [2.05, 4.69) is 24.0 Å². The van der Waals surface area contributed by atoms with Crippen LogP contribution < -0.4 is 0 Å². The Morgan fingerprint density at radius 2 is 1.93 bits per heavy atom. The third-order valence-corrected chi connectivity index (χ3v) is 4.07. The summed E-state index contributed by atoms with van der Waals surface area (Å²) in [6.45, 7) is 5.10. The largest absolute Gasteiger partial charge is 0.300 e. The highest BCUT2D eigenvalue weighted by atomic mass is 32.1. The van der Waals surface area contributed by atoms with Gasteiger partial charge in [0.05, 0.1) is 0 Å². The van der Waals surface area contributed by atoms with Crippen molar-refractivity contribution in [1.29, 1.82) is 0 Å². The molecule has 1 aromatic heterocycles. The lowest BCUT2D eigenvalue weighted by molar-refractivity contribution is -0.121. The van der Waals surface area contributed by atoms with Crippen LogP contribution in [0.1, 0.15) is 29.5 Å². The van der Waals surface area contributed by atoms with Gasteiger partial charge < -0.3 is 0 Å². The lowest BCUT2D eigenvalue weighted by atomic mass is 10.1. The van der Waals surface area contributed by atoms with Gasteiger partial charge in [-0.15, -0.1) is 11.3 Å². The molecular weight excluding hydrogens is 206 g/mol. The smallest absolute Gasteiger partial charge is 0.135 e. The zero-order chi connectivity index (χ0) is 10.7. The van der Waals surface area contributed by atoms with Crippen molar-refractivity contribution < 1.29 is 4.79 Å². The number of likely N-dealkylation sites (tertiary alicyclic amines) is 1. The van der Waals surface area contributed by atoms with Crippen molar-refractivity contribution in [2.24, 2.45) is 0 Å². The highest BCUT2D eigenvalue weighted by molar-refractivity contribution is 7.11. The molecule has 2 heterocycles. The van der Waals surface area contributed by atoms with Gasteiger partial charge in [-0.25, -0.2) is 0 Å². The van der Waals surface area contributed by atoms with E-state index in [1.165, 1.54) is 9.75 Å². The molecule has 0 spiro atoms. The molecule has 15 heavy (non-hydrogen) atoms. The minimum Gasteiger partial charge on any atom is -0.300 e. The quantitative estimate of drug-likeness (QED) is 0.784. The maximum absolute atomic E-state index is 11.1. The molecule has 1 aliphatic heterocycles. The summed E-state index contributed by atoms with van der Waals surface area (Å²) in [5.41, 5.74) is 0. The Labute approximate surface area is 94.9 Å². The van der Waals surface area contributed by atoms with Crippen LogP contribution in [-0.2, 0) is 17.8 Å². The predicted octanol–water partition coefficient (Wildman–Crippen LogP) is 2.48. The van der Waals surface area contributed by atoms with E-state index in [1.54, 1.807) is 0 Å². The molecule has 1 aromatic rings. The van der Waals surface area contributed by atoms with Crippen molar-refractivity contribution in [1.82, 2.24) is 4.90 Å². The van der Waals surface area contributed by atoms with Crippen molar-refractivity contribution in [3.8, 4) is 0 Å². The Morgan fingerprint density at radius 3 is 2.53 bits per heavy atom.